The molecule has 0 aromatic heterocycles. The van der Waals surface area contributed by atoms with E-state index in [0.29, 0.717) is 5.75 Å². The van der Waals surface area contributed by atoms with E-state index in [1.54, 1.807) is 0 Å². The molecule has 0 amide bonds. The smallest absolute Gasteiger partial charge is 0.250 e. The number of hydrogen-bond acceptors (Lipinski definition) is 1. The van der Waals surface area contributed by atoms with E-state index in [1.807, 2.05) is 0 Å². The minimum atomic E-state index is -1.98. The zero-order valence-corrected chi connectivity index (χ0v) is 12.1. The molecule has 1 aromatic rings. The fourth-order valence-electron chi connectivity index (χ4n) is 0.918. The van der Waals surface area contributed by atoms with Crippen LogP contribution in [0.15, 0.2) is 12.1 Å². The lowest BCUT2D eigenvalue weighted by Gasteiger charge is -2.36. The fraction of sp³-hybridized carbons (Fsp3) is 0.500. The van der Waals surface area contributed by atoms with Gasteiger partial charge in [-0.25, -0.2) is 4.39 Å². The Kier molecular flexibility index (Phi) is 3.70. The molecule has 0 fully saturated rings. The van der Waals surface area contributed by atoms with Crippen LogP contribution in [0, 0.1) is 11.9 Å². The van der Waals surface area contributed by atoms with Crippen molar-refractivity contribution < 1.29 is 8.82 Å². The lowest BCUT2D eigenvalue weighted by atomic mass is 10.2. The minimum Gasteiger partial charge on any atom is -0.542 e. The number of halogens is 2. The maximum atomic E-state index is 13.2. The molecule has 1 nitrogen and oxygen atoms in total. The Morgan fingerprint density at radius 3 is 2.44 bits per heavy atom. The van der Waals surface area contributed by atoms with Crippen LogP contribution in [-0.4, -0.2) is 8.32 Å². The number of hydrogen-bond donors (Lipinski definition) is 0. The first kappa shape index (κ1) is 13.5. The van der Waals surface area contributed by atoms with Gasteiger partial charge in [0.1, 0.15) is 16.6 Å². The van der Waals surface area contributed by atoms with Crippen LogP contribution in [0.2, 0.25) is 23.2 Å². The van der Waals surface area contributed by atoms with Crippen LogP contribution < -0.4 is 4.43 Å². The van der Waals surface area contributed by atoms with Gasteiger partial charge in [-0.2, -0.15) is 0 Å². The molecule has 0 spiro atoms. The summed E-state index contributed by atoms with van der Waals surface area (Å²) in [7, 11) is -1.98. The summed E-state index contributed by atoms with van der Waals surface area (Å²) in [5.41, 5.74) is 0. The van der Waals surface area contributed by atoms with E-state index in [0.717, 1.165) is 0 Å². The highest BCUT2D eigenvalue weighted by molar-refractivity contribution is 6.74. The first-order valence-corrected chi connectivity index (χ1v) is 8.48. The third kappa shape index (κ3) is 2.77. The molecule has 0 saturated heterocycles. The number of benzene rings is 1. The molecule has 16 heavy (non-hydrogen) atoms. The lowest BCUT2D eigenvalue weighted by molar-refractivity contribution is 0.486. The molecule has 0 aliphatic rings. The van der Waals surface area contributed by atoms with Crippen molar-refractivity contribution in [2.75, 3.05) is 0 Å². The van der Waals surface area contributed by atoms with Crippen molar-refractivity contribution in [3.8, 4) is 5.75 Å². The molecule has 0 atom stereocenters. The van der Waals surface area contributed by atoms with Crippen LogP contribution in [0.3, 0.4) is 0 Å². The Bertz CT molecular complexity index is 385. The molecule has 0 aliphatic heterocycles. The molecule has 4 heteroatoms. The molecule has 1 rings (SSSR count). The number of rotatable bonds is 2. The third-order valence-corrected chi connectivity index (χ3v) is 7.70. The average Bonchev–Trinajstić information content (AvgIpc) is 2.11. The summed E-state index contributed by atoms with van der Waals surface area (Å²) in [4.78, 5) is 0. The van der Waals surface area contributed by atoms with E-state index in [-0.39, 0.29) is 10.1 Å². The van der Waals surface area contributed by atoms with Crippen LogP contribution in [0.25, 0.3) is 0 Å². The molecule has 1 radical (unpaired) electrons. The molecule has 0 aliphatic carbocycles. The molecule has 0 unspecified atom stereocenters. The van der Waals surface area contributed by atoms with Crippen molar-refractivity contribution in [1.82, 2.24) is 0 Å². The monoisotopic (exact) mass is 259 g/mol. The lowest BCUT2D eigenvalue weighted by Crippen LogP contribution is -2.44. The third-order valence-electron chi connectivity index (χ3n) is 3.02. The van der Waals surface area contributed by atoms with E-state index in [2.05, 4.69) is 39.9 Å². The maximum Gasteiger partial charge on any atom is 0.250 e. The normalized spacial score (nSPS) is 12.7. The Morgan fingerprint density at radius 2 is 1.94 bits per heavy atom. The highest BCUT2D eigenvalue weighted by atomic mass is 35.5. The summed E-state index contributed by atoms with van der Waals surface area (Å²) in [6, 6.07) is 5.61. The van der Waals surface area contributed by atoms with Crippen molar-refractivity contribution in [3.05, 3.63) is 29.0 Å². The van der Waals surface area contributed by atoms with Crippen LogP contribution in [0.1, 0.15) is 20.8 Å². The zero-order chi connectivity index (χ0) is 12.6. The topological polar surface area (TPSA) is 9.23 Å². The van der Waals surface area contributed by atoms with Gasteiger partial charge in [0.05, 0.1) is 0 Å². The summed E-state index contributed by atoms with van der Waals surface area (Å²) < 4.78 is 19.1. The van der Waals surface area contributed by atoms with Crippen LogP contribution in [-0.2, 0) is 0 Å². The van der Waals surface area contributed by atoms with E-state index < -0.39 is 14.1 Å². The van der Waals surface area contributed by atoms with Crippen LogP contribution >= 0.6 is 11.6 Å². The second-order valence-corrected chi connectivity index (χ2v) is 10.4. The molecule has 0 N–H and O–H groups in total. The highest BCUT2D eigenvalue weighted by Crippen LogP contribution is 2.39. The molecule has 0 saturated carbocycles. The first-order chi connectivity index (χ1) is 7.15. The summed E-state index contributed by atoms with van der Waals surface area (Å²) in [5.74, 6) is -0.137. The van der Waals surface area contributed by atoms with Crippen molar-refractivity contribution in [2.45, 2.75) is 38.9 Å². The van der Waals surface area contributed by atoms with Crippen molar-refractivity contribution in [1.29, 1.82) is 0 Å². The van der Waals surface area contributed by atoms with Gasteiger partial charge in [0, 0.05) is 6.07 Å². The average molecular weight is 260 g/mol. The fourth-order valence-corrected chi connectivity index (χ4v) is 2.12. The Balaban J connectivity index is 3.02. The van der Waals surface area contributed by atoms with Gasteiger partial charge in [-0.1, -0.05) is 32.4 Å². The Morgan fingerprint density at radius 1 is 1.38 bits per heavy atom. The van der Waals surface area contributed by atoms with Crippen molar-refractivity contribution >= 4 is 19.9 Å². The van der Waals surface area contributed by atoms with Gasteiger partial charge in [0.15, 0.2) is 0 Å². The van der Waals surface area contributed by atoms with Crippen LogP contribution in [0.4, 0.5) is 4.39 Å². The summed E-state index contributed by atoms with van der Waals surface area (Å²) >= 11 is 5.84. The van der Waals surface area contributed by atoms with Gasteiger partial charge in [0.2, 0.25) is 0 Å². The maximum absolute atomic E-state index is 13.2. The molecular formula is C12H17ClFOSi. The largest absolute Gasteiger partial charge is 0.542 e. The van der Waals surface area contributed by atoms with E-state index >= 15 is 0 Å². The first-order valence-electron chi connectivity index (χ1n) is 5.20. The summed E-state index contributed by atoms with van der Waals surface area (Å²) in [6.07, 6.45) is 0. The molecule has 0 bridgehead atoms. The van der Waals surface area contributed by atoms with Crippen molar-refractivity contribution in [3.63, 3.8) is 0 Å². The standard InChI is InChI=1S/C12H17ClFOSi/c1-12(2,3)16(4,5)15-10-8-6-7-9(14)11(10)13/h6-7H,1-5H3. The van der Waals surface area contributed by atoms with Gasteiger partial charge in [-0.3, -0.25) is 0 Å². The second-order valence-electron chi connectivity index (χ2n) is 5.33. The van der Waals surface area contributed by atoms with Gasteiger partial charge in [-0.05, 0) is 30.3 Å². The van der Waals surface area contributed by atoms with Crippen LogP contribution in [0.5, 0.6) is 5.75 Å². The molecular weight excluding hydrogens is 243 g/mol. The second kappa shape index (κ2) is 4.38. The van der Waals surface area contributed by atoms with Gasteiger partial charge < -0.3 is 4.43 Å². The van der Waals surface area contributed by atoms with Gasteiger partial charge >= 0.3 is 0 Å². The predicted molar refractivity (Wildman–Crippen MR) is 68.1 cm³/mol. The Labute approximate surface area is 103 Å². The summed E-state index contributed by atoms with van der Waals surface area (Å²) in [6.45, 7) is 10.5. The predicted octanol–water partition coefficient (Wildman–Crippen LogP) is 4.66. The summed E-state index contributed by atoms with van der Waals surface area (Å²) in [5, 5.41) is 0.0727. The SMILES string of the molecule is CC(C)(C)[Si](C)(C)Oc1[c]ccc(F)c1Cl. The van der Waals surface area contributed by atoms with Gasteiger partial charge in [-0.15, -0.1) is 0 Å². The van der Waals surface area contributed by atoms with Crippen molar-refractivity contribution in [2.24, 2.45) is 0 Å². The molecule has 1 aromatic carbocycles. The van der Waals surface area contributed by atoms with E-state index in [4.69, 9.17) is 16.0 Å². The zero-order valence-electron chi connectivity index (χ0n) is 10.3. The highest BCUT2D eigenvalue weighted by Gasteiger charge is 2.39. The minimum absolute atomic E-state index is 0.0207. The Hall–Kier alpha value is -0.543. The quantitative estimate of drug-likeness (QED) is 0.702. The van der Waals surface area contributed by atoms with E-state index in [1.165, 1.54) is 12.1 Å². The van der Waals surface area contributed by atoms with Gasteiger partial charge in [0.25, 0.3) is 8.32 Å². The van der Waals surface area contributed by atoms with E-state index in [9.17, 15) is 4.39 Å². The molecule has 89 valence electrons. The molecule has 0 heterocycles.